The maximum absolute atomic E-state index is 12.9. The van der Waals surface area contributed by atoms with Crippen molar-refractivity contribution in [2.75, 3.05) is 7.11 Å². The Morgan fingerprint density at radius 2 is 1.83 bits per heavy atom. The highest BCUT2D eigenvalue weighted by molar-refractivity contribution is 5.89. The number of esters is 1. The summed E-state index contributed by atoms with van der Waals surface area (Å²) in [6.45, 7) is 3.94. The largest absolute Gasteiger partial charge is 0.467 e. The van der Waals surface area contributed by atoms with E-state index in [0.717, 1.165) is 5.56 Å². The lowest BCUT2D eigenvalue weighted by Crippen LogP contribution is -2.53. The first-order valence-electron chi connectivity index (χ1n) is 9.71. The van der Waals surface area contributed by atoms with Gasteiger partial charge in [-0.3, -0.25) is 4.79 Å². The van der Waals surface area contributed by atoms with Crippen molar-refractivity contribution in [3.05, 3.63) is 54.1 Å². The number of alkyl carbamates (subject to hydrolysis) is 1. The number of aromatic nitrogens is 2. The van der Waals surface area contributed by atoms with E-state index in [9.17, 15) is 14.4 Å². The highest BCUT2D eigenvalue weighted by atomic mass is 16.5. The summed E-state index contributed by atoms with van der Waals surface area (Å²) >= 11 is 0. The fraction of sp³-hybridized carbons (Fsp3) is 0.429. The van der Waals surface area contributed by atoms with Crippen LogP contribution in [-0.2, 0) is 32.1 Å². The molecule has 2 aromatic rings. The summed E-state index contributed by atoms with van der Waals surface area (Å²) in [6.07, 6.45) is 2.86. The van der Waals surface area contributed by atoms with Crippen molar-refractivity contribution in [3.8, 4) is 0 Å². The summed E-state index contributed by atoms with van der Waals surface area (Å²) in [4.78, 5) is 44.0. The van der Waals surface area contributed by atoms with Gasteiger partial charge in [0.25, 0.3) is 0 Å². The fourth-order valence-corrected chi connectivity index (χ4v) is 2.83. The van der Waals surface area contributed by atoms with E-state index < -0.39 is 30.1 Å². The van der Waals surface area contributed by atoms with Crippen molar-refractivity contribution in [1.29, 1.82) is 0 Å². The number of carbonyl (C=O) groups excluding carboxylic acids is 3. The number of H-pyrrole nitrogens is 1. The molecular weight excluding hydrogens is 388 g/mol. The third-order valence-corrected chi connectivity index (χ3v) is 4.31. The van der Waals surface area contributed by atoms with E-state index in [4.69, 9.17) is 9.47 Å². The first kappa shape index (κ1) is 22.9. The lowest BCUT2D eigenvalue weighted by atomic mass is 10.0. The Labute approximate surface area is 175 Å². The number of ether oxygens (including phenoxy) is 2. The molecule has 1 aromatic heterocycles. The minimum Gasteiger partial charge on any atom is -0.467 e. The fourth-order valence-electron chi connectivity index (χ4n) is 2.83. The van der Waals surface area contributed by atoms with Gasteiger partial charge in [0.15, 0.2) is 0 Å². The van der Waals surface area contributed by atoms with Crippen LogP contribution in [0.1, 0.15) is 31.5 Å². The molecule has 2 atom stereocenters. The summed E-state index contributed by atoms with van der Waals surface area (Å²) in [5, 5.41) is 5.24. The number of nitrogens with one attached hydrogen (secondary N) is 3. The van der Waals surface area contributed by atoms with E-state index in [2.05, 4.69) is 20.6 Å². The number of imidazole rings is 1. The predicted octanol–water partition coefficient (Wildman–Crippen LogP) is 1.95. The lowest BCUT2D eigenvalue weighted by Gasteiger charge is -2.22. The van der Waals surface area contributed by atoms with E-state index in [0.29, 0.717) is 12.1 Å². The van der Waals surface area contributed by atoms with Gasteiger partial charge in [-0.2, -0.15) is 0 Å². The quantitative estimate of drug-likeness (QED) is 0.509. The van der Waals surface area contributed by atoms with E-state index in [-0.39, 0.29) is 18.9 Å². The van der Waals surface area contributed by atoms with Crippen LogP contribution in [0.3, 0.4) is 0 Å². The molecule has 162 valence electrons. The van der Waals surface area contributed by atoms with Gasteiger partial charge in [-0.15, -0.1) is 0 Å². The Hall–Kier alpha value is -3.36. The lowest BCUT2D eigenvalue weighted by molar-refractivity contribution is -0.145. The highest BCUT2D eigenvalue weighted by Crippen LogP contribution is 2.08. The monoisotopic (exact) mass is 416 g/mol. The van der Waals surface area contributed by atoms with Crippen molar-refractivity contribution in [2.24, 2.45) is 5.92 Å². The van der Waals surface area contributed by atoms with E-state index in [1.165, 1.54) is 13.4 Å². The smallest absolute Gasteiger partial charge is 0.408 e. The Morgan fingerprint density at radius 1 is 1.10 bits per heavy atom. The Balaban J connectivity index is 2.04. The number of hydrogen-bond acceptors (Lipinski definition) is 6. The minimum absolute atomic E-state index is 0.0726. The first-order valence-corrected chi connectivity index (χ1v) is 9.71. The van der Waals surface area contributed by atoms with Crippen LogP contribution in [-0.4, -0.2) is 47.1 Å². The number of nitrogens with zero attached hydrogens (tertiary/aromatic N) is 1. The zero-order valence-corrected chi connectivity index (χ0v) is 17.4. The molecule has 1 heterocycles. The molecule has 9 nitrogen and oxygen atoms in total. The van der Waals surface area contributed by atoms with E-state index in [1.54, 1.807) is 6.20 Å². The second-order valence-electron chi connectivity index (χ2n) is 7.25. The molecule has 2 unspecified atom stereocenters. The summed E-state index contributed by atoms with van der Waals surface area (Å²) < 4.78 is 10.0. The van der Waals surface area contributed by atoms with Crippen LogP contribution < -0.4 is 10.6 Å². The SMILES string of the molecule is COC(=O)C(CC(C)C)NC(=O)C(Cc1cnc[nH]1)NC(=O)OCc1ccccc1. The maximum Gasteiger partial charge on any atom is 0.408 e. The number of benzene rings is 1. The third-order valence-electron chi connectivity index (χ3n) is 4.31. The van der Waals surface area contributed by atoms with Crippen LogP contribution in [0, 0.1) is 5.92 Å². The topological polar surface area (TPSA) is 122 Å². The number of amides is 2. The third kappa shape index (κ3) is 7.57. The zero-order chi connectivity index (χ0) is 21.9. The van der Waals surface area contributed by atoms with Gasteiger partial charge in [-0.25, -0.2) is 14.6 Å². The van der Waals surface area contributed by atoms with Crippen LogP contribution in [0.4, 0.5) is 4.79 Å². The molecule has 1 aromatic carbocycles. The van der Waals surface area contributed by atoms with E-state index >= 15 is 0 Å². The van der Waals surface area contributed by atoms with Crippen molar-refractivity contribution in [2.45, 2.75) is 45.4 Å². The molecule has 0 saturated heterocycles. The predicted molar refractivity (Wildman–Crippen MR) is 109 cm³/mol. The van der Waals surface area contributed by atoms with Gasteiger partial charge in [-0.1, -0.05) is 44.2 Å². The average molecular weight is 416 g/mol. The second kappa shape index (κ2) is 11.6. The van der Waals surface area contributed by atoms with Gasteiger partial charge < -0.3 is 25.1 Å². The van der Waals surface area contributed by atoms with Crippen LogP contribution in [0.5, 0.6) is 0 Å². The minimum atomic E-state index is -0.965. The highest BCUT2D eigenvalue weighted by Gasteiger charge is 2.28. The van der Waals surface area contributed by atoms with Crippen molar-refractivity contribution < 1.29 is 23.9 Å². The summed E-state index contributed by atoms with van der Waals surface area (Å²) in [5.41, 5.74) is 1.47. The molecule has 0 aliphatic rings. The maximum atomic E-state index is 12.9. The molecule has 0 fully saturated rings. The summed E-state index contributed by atoms with van der Waals surface area (Å²) in [5.74, 6) is -0.898. The van der Waals surface area contributed by atoms with Crippen molar-refractivity contribution in [1.82, 2.24) is 20.6 Å². The van der Waals surface area contributed by atoms with Crippen LogP contribution in [0.15, 0.2) is 42.9 Å². The van der Waals surface area contributed by atoms with Crippen molar-refractivity contribution >= 4 is 18.0 Å². The number of hydrogen-bond donors (Lipinski definition) is 3. The molecule has 0 bridgehead atoms. The summed E-state index contributed by atoms with van der Waals surface area (Å²) in [7, 11) is 1.27. The number of aromatic amines is 1. The van der Waals surface area contributed by atoms with Crippen molar-refractivity contribution in [3.63, 3.8) is 0 Å². The second-order valence-corrected chi connectivity index (χ2v) is 7.25. The van der Waals surface area contributed by atoms with Crippen LogP contribution >= 0.6 is 0 Å². The molecular formula is C21H28N4O5. The average Bonchev–Trinajstić information content (AvgIpc) is 3.24. The van der Waals surface area contributed by atoms with E-state index in [1.807, 2.05) is 44.2 Å². The number of carbonyl (C=O) groups is 3. The zero-order valence-electron chi connectivity index (χ0n) is 17.4. The van der Waals surface area contributed by atoms with Gasteiger partial charge in [0, 0.05) is 18.3 Å². The Kier molecular flexibility index (Phi) is 8.86. The van der Waals surface area contributed by atoms with Gasteiger partial charge in [0.05, 0.1) is 13.4 Å². The summed E-state index contributed by atoms with van der Waals surface area (Å²) in [6, 6.07) is 7.43. The molecule has 9 heteroatoms. The van der Waals surface area contributed by atoms with Crippen LogP contribution in [0.2, 0.25) is 0 Å². The molecule has 0 aliphatic carbocycles. The molecule has 0 radical (unpaired) electrons. The molecule has 2 amide bonds. The Bertz CT molecular complexity index is 808. The molecule has 0 saturated carbocycles. The van der Waals surface area contributed by atoms with Crippen LogP contribution in [0.25, 0.3) is 0 Å². The first-order chi connectivity index (χ1) is 14.4. The van der Waals surface area contributed by atoms with Gasteiger partial charge >= 0.3 is 12.1 Å². The molecule has 30 heavy (non-hydrogen) atoms. The molecule has 0 aliphatic heterocycles. The van der Waals surface area contributed by atoms with Gasteiger partial charge in [0.2, 0.25) is 5.91 Å². The number of methoxy groups -OCH3 is 1. The molecule has 0 spiro atoms. The number of rotatable bonds is 10. The normalized spacial score (nSPS) is 12.7. The van der Waals surface area contributed by atoms with Gasteiger partial charge in [0.1, 0.15) is 18.7 Å². The standard InChI is InChI=1S/C21H28N4O5/c1-14(2)9-18(20(27)29-3)24-19(26)17(10-16-11-22-13-23-16)25-21(28)30-12-15-7-5-4-6-8-15/h4-8,11,13-14,17-18H,9-10,12H2,1-3H3,(H,22,23)(H,24,26)(H,25,28). The van der Waals surface area contributed by atoms with Gasteiger partial charge in [-0.05, 0) is 17.9 Å². The Morgan fingerprint density at radius 3 is 2.43 bits per heavy atom. The molecule has 3 N–H and O–H groups in total. The molecule has 2 rings (SSSR count).